The van der Waals surface area contributed by atoms with E-state index in [1.54, 1.807) is 4.57 Å². The van der Waals surface area contributed by atoms with Crippen LogP contribution < -0.4 is 10.9 Å². The number of nitrogens with one attached hydrogen (secondary N) is 1. The molecule has 5 nitrogen and oxygen atoms in total. The highest BCUT2D eigenvalue weighted by Crippen LogP contribution is 2.35. The molecule has 0 saturated carbocycles. The molecule has 0 aliphatic carbocycles. The van der Waals surface area contributed by atoms with Gasteiger partial charge in [-0.2, -0.15) is 0 Å². The molecule has 0 radical (unpaired) electrons. The lowest BCUT2D eigenvalue weighted by Gasteiger charge is -2.18. The molecule has 30 heavy (non-hydrogen) atoms. The summed E-state index contributed by atoms with van der Waals surface area (Å²) < 4.78 is 15.4. The maximum Gasteiger partial charge on any atom is 0.272 e. The first-order valence-corrected chi connectivity index (χ1v) is 11.1. The molecule has 0 spiro atoms. The van der Waals surface area contributed by atoms with Crippen LogP contribution in [0.4, 0.5) is 10.1 Å². The summed E-state index contributed by atoms with van der Waals surface area (Å²) in [6.07, 6.45) is 0. The Morgan fingerprint density at radius 2 is 1.90 bits per heavy atom. The van der Waals surface area contributed by atoms with E-state index in [1.165, 1.54) is 47.4 Å². The average Bonchev–Trinajstić information content (AvgIpc) is 3.23. The van der Waals surface area contributed by atoms with E-state index in [1.807, 2.05) is 48.7 Å². The van der Waals surface area contributed by atoms with E-state index in [0.717, 1.165) is 5.56 Å². The zero-order chi connectivity index (χ0) is 21.1. The predicted molar refractivity (Wildman–Crippen MR) is 120 cm³/mol. The summed E-state index contributed by atoms with van der Waals surface area (Å²) in [5, 5.41) is 4.51. The van der Waals surface area contributed by atoms with Crippen LogP contribution in [0.25, 0.3) is 10.2 Å². The smallest absolute Gasteiger partial charge is 0.272 e. The van der Waals surface area contributed by atoms with E-state index in [9.17, 15) is 14.0 Å². The number of carbonyl (C=O) groups is 1. The second kappa shape index (κ2) is 8.81. The Hall–Kier alpha value is -2.97. The number of benzene rings is 2. The number of aromatic nitrogens is 2. The molecular formula is C22H18FN3O2S2. The van der Waals surface area contributed by atoms with Crippen LogP contribution in [0.2, 0.25) is 0 Å². The van der Waals surface area contributed by atoms with Gasteiger partial charge < -0.3 is 5.32 Å². The zero-order valence-corrected chi connectivity index (χ0v) is 17.7. The molecule has 152 valence electrons. The van der Waals surface area contributed by atoms with E-state index in [-0.39, 0.29) is 17.3 Å². The molecule has 1 atom stereocenters. The number of carbonyl (C=O) groups excluding carboxylic acids is 1. The molecule has 2 aromatic heterocycles. The molecule has 1 unspecified atom stereocenters. The maximum atomic E-state index is 13.2. The van der Waals surface area contributed by atoms with Gasteiger partial charge in [0.05, 0.1) is 5.52 Å². The van der Waals surface area contributed by atoms with Gasteiger partial charge in [-0.15, -0.1) is 11.3 Å². The Morgan fingerprint density at radius 3 is 2.60 bits per heavy atom. The Kier molecular flexibility index (Phi) is 5.96. The second-order valence-corrected chi connectivity index (χ2v) is 8.47. The number of nitrogens with zero attached hydrogens (tertiary/aromatic N) is 2. The maximum absolute atomic E-state index is 13.2. The van der Waals surface area contributed by atoms with Crippen molar-refractivity contribution >= 4 is 44.9 Å². The minimum atomic E-state index is -0.642. The molecule has 8 heteroatoms. The third kappa shape index (κ3) is 4.15. The number of rotatable bonds is 6. The zero-order valence-electron chi connectivity index (χ0n) is 16.0. The Bertz CT molecular complexity index is 1240. The van der Waals surface area contributed by atoms with Gasteiger partial charge in [-0.1, -0.05) is 42.1 Å². The fourth-order valence-electron chi connectivity index (χ4n) is 3.04. The number of thioether (sulfide) groups is 1. The van der Waals surface area contributed by atoms with Gasteiger partial charge in [0.15, 0.2) is 5.16 Å². The summed E-state index contributed by atoms with van der Waals surface area (Å²) in [4.78, 5) is 30.6. The molecule has 0 fully saturated rings. The van der Waals surface area contributed by atoms with Gasteiger partial charge in [0.1, 0.15) is 15.8 Å². The molecule has 0 saturated heterocycles. The summed E-state index contributed by atoms with van der Waals surface area (Å²) >= 11 is 2.59. The molecule has 0 aliphatic rings. The molecule has 1 N–H and O–H groups in total. The van der Waals surface area contributed by atoms with Crippen LogP contribution in [0.15, 0.2) is 76.0 Å². The summed E-state index contributed by atoms with van der Waals surface area (Å²) in [5.74, 6) is -0.651. The molecule has 1 amide bonds. The Balaban J connectivity index is 1.72. The Morgan fingerprint density at radius 1 is 1.17 bits per heavy atom. The second-order valence-electron chi connectivity index (χ2n) is 6.48. The first-order chi connectivity index (χ1) is 14.6. The number of hydrogen-bond acceptors (Lipinski definition) is 5. The quantitative estimate of drug-likeness (QED) is 0.336. The van der Waals surface area contributed by atoms with Crippen molar-refractivity contribution in [2.45, 2.75) is 23.9 Å². The van der Waals surface area contributed by atoms with Crippen molar-refractivity contribution in [2.75, 3.05) is 5.32 Å². The van der Waals surface area contributed by atoms with Crippen molar-refractivity contribution in [3.63, 3.8) is 0 Å². The highest BCUT2D eigenvalue weighted by atomic mass is 32.2. The molecular weight excluding hydrogens is 421 g/mol. The first-order valence-electron chi connectivity index (χ1n) is 9.33. The third-order valence-corrected chi connectivity index (χ3v) is 6.66. The van der Waals surface area contributed by atoms with Crippen LogP contribution in [-0.2, 0) is 11.3 Å². The van der Waals surface area contributed by atoms with E-state index in [0.29, 0.717) is 27.6 Å². The number of hydrogen-bond donors (Lipinski definition) is 1. The summed E-state index contributed by atoms with van der Waals surface area (Å²) in [6, 6.07) is 16.7. The highest BCUT2D eigenvalue weighted by molar-refractivity contribution is 8.00. The van der Waals surface area contributed by atoms with Crippen LogP contribution >= 0.6 is 23.1 Å². The fraction of sp³-hybridized carbons (Fsp3) is 0.136. The monoisotopic (exact) mass is 439 g/mol. The lowest BCUT2D eigenvalue weighted by Crippen LogP contribution is -2.24. The standard InChI is InChI=1S/C22H18FN3O2S2/c1-2-26-21(28)19-17(12-13-29-19)25-22(26)30-18(14-6-4-3-5-7-14)20(27)24-16-10-8-15(23)9-11-16/h3-13,18H,2H2,1H3,(H,24,27). The number of halogens is 1. The molecule has 0 aliphatic heterocycles. The lowest BCUT2D eigenvalue weighted by molar-refractivity contribution is -0.115. The van der Waals surface area contributed by atoms with Crippen LogP contribution in [0.3, 0.4) is 0 Å². The van der Waals surface area contributed by atoms with E-state index < -0.39 is 5.25 Å². The first kappa shape index (κ1) is 20.3. The van der Waals surface area contributed by atoms with E-state index in [4.69, 9.17) is 0 Å². The molecule has 2 heterocycles. The van der Waals surface area contributed by atoms with Gasteiger partial charge in [-0.25, -0.2) is 9.37 Å². The van der Waals surface area contributed by atoms with Gasteiger partial charge >= 0.3 is 0 Å². The van der Waals surface area contributed by atoms with Crippen molar-refractivity contribution in [2.24, 2.45) is 0 Å². The Labute approximate surface area is 180 Å². The predicted octanol–water partition coefficient (Wildman–Crippen LogP) is 5.09. The normalized spacial score (nSPS) is 12.1. The van der Waals surface area contributed by atoms with Gasteiger partial charge in [0.2, 0.25) is 5.91 Å². The lowest BCUT2D eigenvalue weighted by atomic mass is 10.1. The van der Waals surface area contributed by atoms with Crippen molar-refractivity contribution < 1.29 is 9.18 Å². The molecule has 4 rings (SSSR count). The third-order valence-electron chi connectivity index (χ3n) is 4.52. The largest absolute Gasteiger partial charge is 0.325 e. The summed E-state index contributed by atoms with van der Waals surface area (Å²) in [6.45, 7) is 2.33. The van der Waals surface area contributed by atoms with Crippen LogP contribution in [0, 0.1) is 5.82 Å². The number of anilines is 1. The summed E-state index contributed by atoms with van der Waals surface area (Å²) in [5.41, 5.74) is 1.80. The van der Waals surface area contributed by atoms with E-state index >= 15 is 0 Å². The fourth-order valence-corrected chi connectivity index (χ4v) is 4.98. The van der Waals surface area contributed by atoms with Crippen LogP contribution in [-0.4, -0.2) is 15.5 Å². The number of amides is 1. The van der Waals surface area contributed by atoms with Crippen LogP contribution in [0.5, 0.6) is 0 Å². The van der Waals surface area contributed by atoms with Gasteiger partial charge in [-0.05, 0) is 48.2 Å². The SMILES string of the molecule is CCn1c(SC(C(=O)Nc2ccc(F)cc2)c2ccccc2)nc2ccsc2c1=O. The van der Waals surface area contributed by atoms with Crippen LogP contribution in [0.1, 0.15) is 17.7 Å². The molecule has 2 aromatic carbocycles. The average molecular weight is 440 g/mol. The number of thiophene rings is 1. The topological polar surface area (TPSA) is 64.0 Å². The van der Waals surface area contributed by atoms with E-state index in [2.05, 4.69) is 10.3 Å². The van der Waals surface area contributed by atoms with Gasteiger partial charge in [0, 0.05) is 12.2 Å². The van der Waals surface area contributed by atoms with Crippen molar-refractivity contribution in [1.29, 1.82) is 0 Å². The highest BCUT2D eigenvalue weighted by Gasteiger charge is 2.25. The van der Waals surface area contributed by atoms with Gasteiger partial charge in [0.25, 0.3) is 5.56 Å². The molecule has 0 bridgehead atoms. The van der Waals surface area contributed by atoms with Crippen molar-refractivity contribution in [3.05, 3.63) is 87.8 Å². The minimum absolute atomic E-state index is 0.106. The van der Waals surface area contributed by atoms with Crippen molar-refractivity contribution in [3.8, 4) is 0 Å². The molecule has 4 aromatic rings. The minimum Gasteiger partial charge on any atom is -0.325 e. The number of fused-ring (bicyclic) bond motifs is 1. The summed E-state index contributed by atoms with van der Waals surface area (Å²) in [7, 11) is 0. The van der Waals surface area contributed by atoms with Gasteiger partial charge in [-0.3, -0.25) is 14.2 Å². The van der Waals surface area contributed by atoms with Crippen molar-refractivity contribution in [1.82, 2.24) is 9.55 Å².